The van der Waals surface area contributed by atoms with E-state index in [0.717, 1.165) is 5.56 Å². The van der Waals surface area contributed by atoms with E-state index < -0.39 is 15.9 Å². The summed E-state index contributed by atoms with van der Waals surface area (Å²) < 4.78 is 28.5. The molecule has 1 fully saturated rings. The number of nitrogens with zero attached hydrogens (tertiary/aromatic N) is 3. The van der Waals surface area contributed by atoms with Crippen molar-refractivity contribution in [3.63, 3.8) is 0 Å². The first-order valence-corrected chi connectivity index (χ1v) is 11.6. The Morgan fingerprint density at radius 2 is 1.71 bits per heavy atom. The van der Waals surface area contributed by atoms with E-state index in [9.17, 15) is 13.2 Å². The van der Waals surface area contributed by atoms with Gasteiger partial charge in [0.25, 0.3) is 0 Å². The lowest BCUT2D eigenvalue weighted by atomic mass is 9.90. The number of benzene rings is 2. The van der Waals surface area contributed by atoms with E-state index in [-0.39, 0.29) is 29.9 Å². The van der Waals surface area contributed by atoms with Gasteiger partial charge < -0.3 is 5.32 Å². The minimum atomic E-state index is -3.76. The van der Waals surface area contributed by atoms with Gasteiger partial charge in [-0.05, 0) is 30.5 Å². The van der Waals surface area contributed by atoms with E-state index >= 15 is 0 Å². The third-order valence-electron chi connectivity index (χ3n) is 5.50. The maximum Gasteiger partial charge on any atom is 0.243 e. The molecule has 0 spiro atoms. The van der Waals surface area contributed by atoms with E-state index in [0.29, 0.717) is 18.5 Å². The molecule has 1 N–H and O–H groups in total. The maximum absolute atomic E-state index is 13.5. The highest BCUT2D eigenvalue weighted by Crippen LogP contribution is 2.37. The second-order valence-electron chi connectivity index (χ2n) is 7.50. The van der Waals surface area contributed by atoms with Gasteiger partial charge in [-0.2, -0.15) is 4.31 Å². The van der Waals surface area contributed by atoms with Crippen LogP contribution in [0.4, 0.5) is 0 Å². The zero-order valence-electron chi connectivity index (χ0n) is 17.0. The van der Waals surface area contributed by atoms with Crippen LogP contribution in [0.25, 0.3) is 0 Å². The molecule has 31 heavy (non-hydrogen) atoms. The Morgan fingerprint density at radius 3 is 2.39 bits per heavy atom. The standard InChI is InChI=1S/C23H24N4O3S/c28-23(26-16-20-15-24-13-14-25-20)19-11-12-22(18-7-3-1-4-8-18)27(17-19)31(29,30)21-9-5-2-6-10-21/h1-10,13-15,19,22H,11-12,16-17H2,(H,26,28). The Bertz CT molecular complexity index is 1110. The van der Waals surface area contributed by atoms with Gasteiger partial charge in [0.05, 0.1) is 35.3 Å². The number of rotatable bonds is 6. The predicted molar refractivity (Wildman–Crippen MR) is 116 cm³/mol. The van der Waals surface area contributed by atoms with Crippen LogP contribution in [0.5, 0.6) is 0 Å². The van der Waals surface area contributed by atoms with Gasteiger partial charge in [-0.3, -0.25) is 14.8 Å². The molecule has 1 aliphatic heterocycles. The molecule has 2 aromatic carbocycles. The monoisotopic (exact) mass is 436 g/mol. The number of aromatic nitrogens is 2. The average Bonchev–Trinajstić information content (AvgIpc) is 2.84. The maximum atomic E-state index is 13.5. The molecule has 0 saturated carbocycles. The zero-order chi connectivity index (χ0) is 21.7. The van der Waals surface area contributed by atoms with Crippen LogP contribution in [0.2, 0.25) is 0 Å². The largest absolute Gasteiger partial charge is 0.350 e. The van der Waals surface area contributed by atoms with Crippen molar-refractivity contribution in [3.05, 3.63) is 90.5 Å². The van der Waals surface area contributed by atoms with Gasteiger partial charge in [0.2, 0.25) is 15.9 Å². The number of piperidine rings is 1. The number of nitrogens with one attached hydrogen (secondary N) is 1. The second kappa shape index (κ2) is 9.36. The van der Waals surface area contributed by atoms with Gasteiger partial charge in [0.15, 0.2) is 0 Å². The summed E-state index contributed by atoms with van der Waals surface area (Å²) >= 11 is 0. The van der Waals surface area contributed by atoms with Crippen LogP contribution in [-0.4, -0.2) is 35.1 Å². The molecule has 0 bridgehead atoms. The SMILES string of the molecule is O=C(NCc1cnccn1)C1CCC(c2ccccc2)N(S(=O)(=O)c2ccccc2)C1. The van der Waals surface area contributed by atoms with Crippen molar-refractivity contribution in [2.75, 3.05) is 6.54 Å². The van der Waals surface area contributed by atoms with Gasteiger partial charge in [-0.1, -0.05) is 48.5 Å². The molecule has 1 aliphatic rings. The molecular formula is C23H24N4O3S. The Hall–Kier alpha value is -3.10. The van der Waals surface area contributed by atoms with Crippen molar-refractivity contribution < 1.29 is 13.2 Å². The van der Waals surface area contributed by atoms with Crippen molar-refractivity contribution in [2.45, 2.75) is 30.3 Å². The van der Waals surface area contributed by atoms with Crippen LogP contribution in [-0.2, 0) is 21.4 Å². The summed E-state index contributed by atoms with van der Waals surface area (Å²) in [6.45, 7) is 0.389. The zero-order valence-corrected chi connectivity index (χ0v) is 17.8. The minimum Gasteiger partial charge on any atom is -0.350 e. The highest BCUT2D eigenvalue weighted by atomic mass is 32.2. The molecule has 160 valence electrons. The summed E-state index contributed by atoms with van der Waals surface area (Å²) in [5, 5.41) is 2.87. The summed E-state index contributed by atoms with van der Waals surface area (Å²) in [5.41, 5.74) is 1.59. The Balaban J connectivity index is 1.57. The van der Waals surface area contributed by atoms with E-state index in [2.05, 4.69) is 15.3 Å². The van der Waals surface area contributed by atoms with Crippen LogP contribution < -0.4 is 5.32 Å². The molecule has 4 rings (SSSR count). The molecule has 1 aromatic heterocycles. The third kappa shape index (κ3) is 4.81. The topological polar surface area (TPSA) is 92.3 Å². The first kappa shape index (κ1) is 21.1. The summed E-state index contributed by atoms with van der Waals surface area (Å²) in [6, 6.07) is 17.7. The molecule has 0 aliphatic carbocycles. The highest BCUT2D eigenvalue weighted by Gasteiger charge is 2.39. The van der Waals surface area contributed by atoms with Crippen molar-refractivity contribution in [2.24, 2.45) is 5.92 Å². The van der Waals surface area contributed by atoms with Crippen LogP contribution >= 0.6 is 0 Å². The summed E-state index contributed by atoms with van der Waals surface area (Å²) in [4.78, 5) is 21.2. The molecule has 2 atom stereocenters. The fraction of sp³-hybridized carbons (Fsp3) is 0.261. The second-order valence-corrected chi connectivity index (χ2v) is 9.39. The number of carbonyl (C=O) groups is 1. The van der Waals surface area contributed by atoms with Crippen LogP contribution in [0, 0.1) is 5.92 Å². The lowest BCUT2D eigenvalue weighted by molar-refractivity contribution is -0.126. The molecule has 1 saturated heterocycles. The van der Waals surface area contributed by atoms with Gasteiger partial charge in [0, 0.05) is 18.9 Å². The number of carbonyl (C=O) groups excluding carboxylic acids is 1. The molecule has 8 heteroatoms. The molecule has 2 unspecified atom stereocenters. The summed E-state index contributed by atoms with van der Waals surface area (Å²) in [6.07, 6.45) is 5.91. The smallest absolute Gasteiger partial charge is 0.243 e. The number of amides is 1. The Morgan fingerprint density at radius 1 is 1.00 bits per heavy atom. The van der Waals surface area contributed by atoms with Gasteiger partial charge in [-0.25, -0.2) is 8.42 Å². The number of hydrogen-bond acceptors (Lipinski definition) is 5. The van der Waals surface area contributed by atoms with Crippen LogP contribution in [0.3, 0.4) is 0 Å². The molecular weight excluding hydrogens is 412 g/mol. The first-order chi connectivity index (χ1) is 15.1. The lowest BCUT2D eigenvalue weighted by Crippen LogP contribution is -2.46. The highest BCUT2D eigenvalue weighted by molar-refractivity contribution is 7.89. The van der Waals surface area contributed by atoms with Crippen molar-refractivity contribution in [3.8, 4) is 0 Å². The normalized spacial score (nSPS) is 19.6. The number of hydrogen-bond donors (Lipinski definition) is 1. The van der Waals surface area contributed by atoms with Crippen LogP contribution in [0.1, 0.15) is 30.1 Å². The molecule has 1 amide bonds. The lowest BCUT2D eigenvalue weighted by Gasteiger charge is -2.38. The van der Waals surface area contributed by atoms with E-state index in [1.165, 1.54) is 4.31 Å². The van der Waals surface area contributed by atoms with Crippen LogP contribution in [0.15, 0.2) is 84.1 Å². The average molecular weight is 437 g/mol. The Labute approximate surface area is 182 Å². The Kier molecular flexibility index (Phi) is 6.39. The van der Waals surface area contributed by atoms with E-state index in [4.69, 9.17) is 0 Å². The van der Waals surface area contributed by atoms with Gasteiger partial charge in [-0.15, -0.1) is 0 Å². The summed E-state index contributed by atoms with van der Waals surface area (Å²) in [7, 11) is -3.76. The van der Waals surface area contributed by atoms with Crippen molar-refractivity contribution in [1.82, 2.24) is 19.6 Å². The molecule has 2 heterocycles. The quantitative estimate of drug-likeness (QED) is 0.641. The predicted octanol–water partition coefficient (Wildman–Crippen LogP) is 2.94. The van der Waals surface area contributed by atoms with Gasteiger partial charge >= 0.3 is 0 Å². The number of sulfonamides is 1. The third-order valence-corrected chi connectivity index (χ3v) is 7.39. The van der Waals surface area contributed by atoms with Gasteiger partial charge in [0.1, 0.15) is 0 Å². The fourth-order valence-electron chi connectivity index (χ4n) is 3.90. The van der Waals surface area contributed by atoms with Crippen molar-refractivity contribution in [1.29, 1.82) is 0 Å². The summed E-state index contributed by atoms with van der Waals surface area (Å²) in [5.74, 6) is -0.611. The first-order valence-electron chi connectivity index (χ1n) is 10.2. The molecule has 0 radical (unpaired) electrons. The van der Waals surface area contributed by atoms with E-state index in [1.807, 2.05) is 30.3 Å². The fourth-order valence-corrected chi connectivity index (χ4v) is 5.61. The minimum absolute atomic E-state index is 0.128. The molecule has 7 nitrogen and oxygen atoms in total. The molecule has 3 aromatic rings. The van der Waals surface area contributed by atoms with E-state index in [1.54, 1.807) is 48.9 Å². The van der Waals surface area contributed by atoms with Crippen molar-refractivity contribution >= 4 is 15.9 Å².